The SMILES string of the molecule is CC(C)C(=O)OCCSCCOCCOc1cc(=O)oc2c(F)cccc12. The molecular formula is C19H23FO6S. The summed E-state index contributed by atoms with van der Waals surface area (Å²) >= 11 is 1.63. The molecule has 2 aromatic rings. The first-order valence-electron chi connectivity index (χ1n) is 8.66. The largest absolute Gasteiger partial charge is 0.490 e. The number of rotatable bonds is 11. The maximum Gasteiger partial charge on any atom is 0.340 e. The van der Waals surface area contributed by atoms with Gasteiger partial charge in [0, 0.05) is 11.5 Å². The second-order valence-corrected chi connectivity index (χ2v) is 7.17. The average Bonchev–Trinajstić information content (AvgIpc) is 2.63. The van der Waals surface area contributed by atoms with Gasteiger partial charge in [-0.2, -0.15) is 11.8 Å². The van der Waals surface area contributed by atoms with Crippen LogP contribution in [0.25, 0.3) is 11.0 Å². The average molecular weight is 398 g/mol. The number of hydrogen-bond acceptors (Lipinski definition) is 7. The number of benzene rings is 1. The van der Waals surface area contributed by atoms with E-state index in [1.165, 1.54) is 18.2 Å². The van der Waals surface area contributed by atoms with Gasteiger partial charge in [-0.05, 0) is 12.1 Å². The van der Waals surface area contributed by atoms with Crippen molar-refractivity contribution >= 4 is 28.7 Å². The van der Waals surface area contributed by atoms with Gasteiger partial charge in [0.05, 0.1) is 30.6 Å². The maximum atomic E-state index is 13.7. The van der Waals surface area contributed by atoms with E-state index < -0.39 is 11.4 Å². The van der Waals surface area contributed by atoms with Crippen molar-refractivity contribution in [3.05, 3.63) is 40.5 Å². The highest BCUT2D eigenvalue weighted by Gasteiger charge is 2.10. The predicted molar refractivity (Wildman–Crippen MR) is 102 cm³/mol. The van der Waals surface area contributed by atoms with Gasteiger partial charge in [-0.1, -0.05) is 19.9 Å². The quantitative estimate of drug-likeness (QED) is 0.327. The van der Waals surface area contributed by atoms with Gasteiger partial charge in [0.1, 0.15) is 19.0 Å². The highest BCUT2D eigenvalue weighted by Crippen LogP contribution is 2.25. The molecule has 2 rings (SSSR count). The van der Waals surface area contributed by atoms with E-state index in [-0.39, 0.29) is 29.8 Å². The van der Waals surface area contributed by atoms with Crippen molar-refractivity contribution in [2.24, 2.45) is 5.92 Å². The van der Waals surface area contributed by atoms with Gasteiger partial charge < -0.3 is 18.6 Å². The predicted octanol–water partition coefficient (Wildman–Crippen LogP) is 3.26. The number of carbonyl (C=O) groups is 1. The van der Waals surface area contributed by atoms with Crippen LogP contribution in [0.2, 0.25) is 0 Å². The van der Waals surface area contributed by atoms with E-state index in [4.69, 9.17) is 18.6 Å². The number of fused-ring (bicyclic) bond motifs is 1. The molecule has 148 valence electrons. The Kier molecular flexibility index (Phi) is 8.60. The summed E-state index contributed by atoms with van der Waals surface area (Å²) in [6.45, 7) is 5.08. The Morgan fingerprint density at radius 3 is 2.74 bits per heavy atom. The number of ether oxygens (including phenoxy) is 3. The van der Waals surface area contributed by atoms with Crippen LogP contribution in [-0.2, 0) is 14.3 Å². The monoisotopic (exact) mass is 398 g/mol. The number of thioether (sulfide) groups is 1. The summed E-state index contributed by atoms with van der Waals surface area (Å²) in [6.07, 6.45) is 0. The van der Waals surface area contributed by atoms with E-state index in [1.54, 1.807) is 31.7 Å². The molecule has 0 atom stereocenters. The third kappa shape index (κ3) is 6.88. The molecule has 0 spiro atoms. The van der Waals surface area contributed by atoms with Gasteiger partial charge >= 0.3 is 11.6 Å². The van der Waals surface area contributed by atoms with Crippen LogP contribution in [0.1, 0.15) is 13.8 Å². The summed E-state index contributed by atoms with van der Waals surface area (Å²) in [6, 6.07) is 5.56. The number of para-hydroxylation sites is 1. The van der Waals surface area contributed by atoms with Crippen LogP contribution < -0.4 is 10.4 Å². The normalized spacial score (nSPS) is 11.1. The molecule has 0 N–H and O–H groups in total. The summed E-state index contributed by atoms with van der Waals surface area (Å²) in [5.41, 5.74) is -0.784. The van der Waals surface area contributed by atoms with E-state index in [9.17, 15) is 14.0 Å². The Labute approximate surface area is 161 Å². The zero-order valence-corrected chi connectivity index (χ0v) is 16.2. The summed E-state index contributed by atoms with van der Waals surface area (Å²) in [7, 11) is 0. The molecular weight excluding hydrogens is 375 g/mol. The number of halogens is 1. The Hall–Kier alpha value is -2.06. The standard InChI is InChI=1S/C19H23FO6S/c1-13(2)19(22)25-9-11-27-10-8-23-6-7-24-16-12-17(21)26-18-14(16)4-3-5-15(18)20/h3-5,12-13H,6-11H2,1-2H3. The Balaban J connectivity index is 1.63. The molecule has 8 heteroatoms. The zero-order valence-electron chi connectivity index (χ0n) is 15.4. The fourth-order valence-corrected chi connectivity index (χ4v) is 2.78. The van der Waals surface area contributed by atoms with Gasteiger partial charge in [0.15, 0.2) is 11.4 Å². The van der Waals surface area contributed by atoms with Crippen molar-refractivity contribution in [1.29, 1.82) is 0 Å². The molecule has 0 unspecified atom stereocenters. The van der Waals surface area contributed by atoms with E-state index in [1.807, 2.05) is 0 Å². The molecule has 0 radical (unpaired) electrons. The van der Waals surface area contributed by atoms with Crippen LogP contribution in [0.4, 0.5) is 4.39 Å². The summed E-state index contributed by atoms with van der Waals surface area (Å²) in [5, 5.41) is 0.404. The van der Waals surface area contributed by atoms with Crippen molar-refractivity contribution in [3.63, 3.8) is 0 Å². The molecule has 1 heterocycles. The maximum absolute atomic E-state index is 13.7. The molecule has 6 nitrogen and oxygen atoms in total. The lowest BCUT2D eigenvalue weighted by atomic mass is 10.2. The molecule has 1 aromatic carbocycles. The molecule has 1 aromatic heterocycles. The van der Waals surface area contributed by atoms with Crippen molar-refractivity contribution in [2.45, 2.75) is 13.8 Å². The lowest BCUT2D eigenvalue weighted by Crippen LogP contribution is -2.14. The number of carbonyl (C=O) groups excluding carboxylic acids is 1. The Morgan fingerprint density at radius 1 is 1.19 bits per heavy atom. The van der Waals surface area contributed by atoms with Gasteiger partial charge in [0.25, 0.3) is 0 Å². The molecule has 0 aliphatic carbocycles. The van der Waals surface area contributed by atoms with Crippen LogP contribution in [0.3, 0.4) is 0 Å². The van der Waals surface area contributed by atoms with Crippen molar-refractivity contribution in [2.75, 3.05) is 37.9 Å². The zero-order chi connectivity index (χ0) is 19.6. The van der Waals surface area contributed by atoms with Crippen molar-refractivity contribution in [1.82, 2.24) is 0 Å². The van der Waals surface area contributed by atoms with Gasteiger partial charge in [-0.25, -0.2) is 9.18 Å². The van der Waals surface area contributed by atoms with Gasteiger partial charge in [0.2, 0.25) is 0 Å². The molecule has 27 heavy (non-hydrogen) atoms. The molecule has 0 bridgehead atoms. The first kappa shape index (κ1) is 21.2. The van der Waals surface area contributed by atoms with Crippen LogP contribution in [0, 0.1) is 11.7 Å². The highest BCUT2D eigenvalue weighted by atomic mass is 32.2. The lowest BCUT2D eigenvalue weighted by Gasteiger charge is -2.09. The smallest absolute Gasteiger partial charge is 0.340 e. The van der Waals surface area contributed by atoms with Gasteiger partial charge in [-0.3, -0.25) is 4.79 Å². The first-order chi connectivity index (χ1) is 13.0. The number of hydrogen-bond donors (Lipinski definition) is 0. The second kappa shape index (κ2) is 10.9. The molecule has 0 fully saturated rings. The minimum atomic E-state index is -0.668. The highest BCUT2D eigenvalue weighted by molar-refractivity contribution is 7.99. The topological polar surface area (TPSA) is 75.0 Å². The van der Waals surface area contributed by atoms with Crippen molar-refractivity contribution < 1.29 is 27.8 Å². The van der Waals surface area contributed by atoms with E-state index in [0.717, 1.165) is 11.5 Å². The van der Waals surface area contributed by atoms with Crippen molar-refractivity contribution in [3.8, 4) is 5.75 Å². The molecule has 0 aliphatic rings. The van der Waals surface area contributed by atoms with Crippen LogP contribution in [0.5, 0.6) is 5.75 Å². The Morgan fingerprint density at radius 2 is 1.96 bits per heavy atom. The van der Waals surface area contributed by atoms with Gasteiger partial charge in [-0.15, -0.1) is 0 Å². The third-order valence-electron chi connectivity index (χ3n) is 3.48. The second-order valence-electron chi connectivity index (χ2n) is 5.94. The first-order valence-corrected chi connectivity index (χ1v) is 9.82. The lowest BCUT2D eigenvalue weighted by molar-refractivity contribution is -0.146. The minimum absolute atomic E-state index is 0.108. The molecule has 0 saturated heterocycles. The summed E-state index contributed by atoms with van der Waals surface area (Å²) in [4.78, 5) is 22.8. The van der Waals surface area contributed by atoms with E-state index in [0.29, 0.717) is 25.2 Å². The molecule has 0 amide bonds. The summed E-state index contributed by atoms with van der Waals surface area (Å²) < 4.78 is 34.6. The Bertz CT molecular complexity index is 804. The summed E-state index contributed by atoms with van der Waals surface area (Å²) in [5.74, 6) is 0.847. The number of esters is 1. The van der Waals surface area contributed by atoms with Crippen LogP contribution >= 0.6 is 11.8 Å². The van der Waals surface area contributed by atoms with Crippen LogP contribution in [-0.4, -0.2) is 43.9 Å². The molecule has 0 aliphatic heterocycles. The fraction of sp³-hybridized carbons (Fsp3) is 0.474. The fourth-order valence-electron chi connectivity index (χ4n) is 2.14. The third-order valence-corrected chi connectivity index (χ3v) is 4.40. The minimum Gasteiger partial charge on any atom is -0.490 e. The molecule has 0 saturated carbocycles. The van der Waals surface area contributed by atoms with E-state index in [2.05, 4.69) is 0 Å². The van der Waals surface area contributed by atoms with Crippen LogP contribution in [0.15, 0.2) is 33.5 Å². The van der Waals surface area contributed by atoms with E-state index >= 15 is 0 Å².